The van der Waals surface area contributed by atoms with Gasteiger partial charge in [0.1, 0.15) is 0 Å². The van der Waals surface area contributed by atoms with E-state index in [1.807, 2.05) is 0 Å². The lowest BCUT2D eigenvalue weighted by atomic mass is 10.1. The molecule has 86 valence electrons. The highest BCUT2D eigenvalue weighted by Gasteiger charge is 2.27. The summed E-state index contributed by atoms with van der Waals surface area (Å²) < 4.78 is 38.8. The summed E-state index contributed by atoms with van der Waals surface area (Å²) in [7, 11) is 0. The number of nitrogens with one attached hydrogen (secondary N) is 1. The fourth-order valence-corrected chi connectivity index (χ4v) is 1.25. The maximum atomic E-state index is 13.2. The van der Waals surface area contributed by atoms with Gasteiger partial charge in [-0.2, -0.15) is 4.39 Å². The lowest BCUT2D eigenvalue weighted by Crippen LogP contribution is -2.26. The SMILES string of the molecule is O=C(NC1CC1)c1cc(F)c(F)c(O)c1F. The van der Waals surface area contributed by atoms with Crippen LogP contribution in [0.2, 0.25) is 0 Å². The Bertz CT molecular complexity index is 458. The van der Waals surface area contributed by atoms with Crippen LogP contribution in [0.15, 0.2) is 6.07 Å². The van der Waals surface area contributed by atoms with Crippen molar-refractivity contribution in [3.63, 3.8) is 0 Å². The normalized spacial score (nSPS) is 14.9. The van der Waals surface area contributed by atoms with Crippen molar-refractivity contribution in [1.82, 2.24) is 5.32 Å². The van der Waals surface area contributed by atoms with E-state index < -0.39 is 34.7 Å². The standard InChI is InChI=1S/C10H8F3NO2/c11-6-3-5(7(12)9(15)8(6)13)10(16)14-4-1-2-4/h3-4,15H,1-2H2,(H,14,16). The summed E-state index contributed by atoms with van der Waals surface area (Å²) in [6, 6.07) is 0.393. The lowest BCUT2D eigenvalue weighted by Gasteiger charge is -2.06. The van der Waals surface area contributed by atoms with E-state index in [-0.39, 0.29) is 6.04 Å². The van der Waals surface area contributed by atoms with Crippen LogP contribution in [0.25, 0.3) is 0 Å². The third kappa shape index (κ3) is 1.82. The molecule has 1 aromatic carbocycles. The minimum absolute atomic E-state index is 0.0397. The van der Waals surface area contributed by atoms with Gasteiger partial charge in [0.25, 0.3) is 5.91 Å². The van der Waals surface area contributed by atoms with Gasteiger partial charge < -0.3 is 10.4 Å². The Hall–Kier alpha value is -1.72. The zero-order valence-electron chi connectivity index (χ0n) is 8.06. The smallest absolute Gasteiger partial charge is 0.254 e. The molecule has 1 aliphatic rings. The van der Waals surface area contributed by atoms with Crippen molar-refractivity contribution in [3.8, 4) is 5.75 Å². The molecule has 6 heteroatoms. The number of amides is 1. The Kier molecular flexibility index (Phi) is 2.49. The van der Waals surface area contributed by atoms with Gasteiger partial charge in [0.05, 0.1) is 5.56 Å². The maximum absolute atomic E-state index is 13.2. The first-order chi connectivity index (χ1) is 7.50. The van der Waals surface area contributed by atoms with Crippen LogP contribution in [0, 0.1) is 17.5 Å². The highest BCUT2D eigenvalue weighted by atomic mass is 19.2. The van der Waals surface area contributed by atoms with Gasteiger partial charge in [0.2, 0.25) is 5.82 Å². The fraction of sp³-hybridized carbons (Fsp3) is 0.300. The molecule has 0 aliphatic heterocycles. The average molecular weight is 231 g/mol. The van der Waals surface area contributed by atoms with E-state index >= 15 is 0 Å². The maximum Gasteiger partial charge on any atom is 0.254 e. The molecular weight excluding hydrogens is 223 g/mol. The number of phenolic OH excluding ortho intramolecular Hbond substituents is 1. The second-order valence-corrected chi connectivity index (χ2v) is 3.63. The van der Waals surface area contributed by atoms with Crippen LogP contribution in [-0.4, -0.2) is 17.1 Å². The van der Waals surface area contributed by atoms with Crippen LogP contribution in [-0.2, 0) is 0 Å². The number of phenols is 1. The summed E-state index contributed by atoms with van der Waals surface area (Å²) >= 11 is 0. The molecule has 3 nitrogen and oxygen atoms in total. The van der Waals surface area contributed by atoms with E-state index in [2.05, 4.69) is 5.32 Å². The first-order valence-corrected chi connectivity index (χ1v) is 4.68. The minimum atomic E-state index is -1.69. The van der Waals surface area contributed by atoms with Crippen molar-refractivity contribution in [1.29, 1.82) is 0 Å². The Labute approximate surface area is 88.9 Å². The number of benzene rings is 1. The van der Waals surface area contributed by atoms with E-state index in [9.17, 15) is 18.0 Å². The molecular formula is C10H8F3NO2. The number of carbonyl (C=O) groups is 1. The van der Waals surface area contributed by atoms with E-state index in [1.165, 1.54) is 0 Å². The van der Waals surface area contributed by atoms with Crippen LogP contribution in [0.1, 0.15) is 23.2 Å². The van der Waals surface area contributed by atoms with Gasteiger partial charge in [0.15, 0.2) is 17.4 Å². The Morgan fingerprint density at radius 2 is 1.94 bits per heavy atom. The molecule has 0 spiro atoms. The summed E-state index contributed by atoms with van der Waals surface area (Å²) in [5, 5.41) is 11.3. The van der Waals surface area contributed by atoms with Crippen molar-refractivity contribution in [2.24, 2.45) is 0 Å². The Morgan fingerprint density at radius 3 is 2.50 bits per heavy atom. The van der Waals surface area contributed by atoms with Crippen LogP contribution in [0.4, 0.5) is 13.2 Å². The predicted octanol–water partition coefficient (Wildman–Crippen LogP) is 1.70. The van der Waals surface area contributed by atoms with Crippen LogP contribution in [0.3, 0.4) is 0 Å². The molecule has 0 unspecified atom stereocenters. The van der Waals surface area contributed by atoms with Gasteiger partial charge in [-0.3, -0.25) is 4.79 Å². The van der Waals surface area contributed by atoms with Crippen molar-refractivity contribution in [2.75, 3.05) is 0 Å². The van der Waals surface area contributed by atoms with E-state index in [0.29, 0.717) is 6.07 Å². The summed E-state index contributed by atoms with van der Waals surface area (Å²) in [5.41, 5.74) is -0.691. The van der Waals surface area contributed by atoms with Gasteiger partial charge in [-0.1, -0.05) is 0 Å². The first-order valence-electron chi connectivity index (χ1n) is 4.68. The summed E-state index contributed by atoms with van der Waals surface area (Å²) in [4.78, 5) is 11.4. The monoisotopic (exact) mass is 231 g/mol. The molecule has 2 N–H and O–H groups in total. The quantitative estimate of drug-likeness (QED) is 0.761. The highest BCUT2D eigenvalue weighted by molar-refractivity contribution is 5.95. The molecule has 1 aromatic rings. The topological polar surface area (TPSA) is 49.3 Å². The molecule has 0 aromatic heterocycles. The number of hydrogen-bond acceptors (Lipinski definition) is 2. The van der Waals surface area contributed by atoms with Gasteiger partial charge in [-0.15, -0.1) is 0 Å². The van der Waals surface area contributed by atoms with Crippen molar-refractivity contribution in [3.05, 3.63) is 29.1 Å². The first kappa shape index (κ1) is 10.8. The predicted molar refractivity (Wildman–Crippen MR) is 48.5 cm³/mol. The molecule has 0 heterocycles. The molecule has 1 amide bonds. The zero-order chi connectivity index (χ0) is 11.9. The lowest BCUT2D eigenvalue weighted by molar-refractivity contribution is 0.0945. The van der Waals surface area contributed by atoms with Gasteiger partial charge in [-0.05, 0) is 18.9 Å². The van der Waals surface area contributed by atoms with E-state index in [4.69, 9.17) is 5.11 Å². The van der Waals surface area contributed by atoms with Crippen molar-refractivity contribution in [2.45, 2.75) is 18.9 Å². The molecule has 0 atom stereocenters. The molecule has 0 bridgehead atoms. The molecule has 0 saturated heterocycles. The van der Waals surface area contributed by atoms with Crippen molar-refractivity contribution >= 4 is 5.91 Å². The molecule has 16 heavy (non-hydrogen) atoms. The largest absolute Gasteiger partial charge is 0.503 e. The summed E-state index contributed by atoms with van der Waals surface area (Å²) in [6.45, 7) is 0. The molecule has 1 fully saturated rings. The number of halogens is 3. The molecule has 2 rings (SSSR count). The van der Waals surface area contributed by atoms with Gasteiger partial charge in [0, 0.05) is 6.04 Å². The van der Waals surface area contributed by atoms with Gasteiger partial charge >= 0.3 is 0 Å². The zero-order valence-corrected chi connectivity index (χ0v) is 8.06. The highest BCUT2D eigenvalue weighted by Crippen LogP contribution is 2.26. The average Bonchev–Trinajstić information content (AvgIpc) is 3.04. The third-order valence-corrected chi connectivity index (χ3v) is 2.29. The number of hydrogen-bond donors (Lipinski definition) is 2. The van der Waals surface area contributed by atoms with E-state index in [1.54, 1.807) is 0 Å². The van der Waals surface area contributed by atoms with E-state index in [0.717, 1.165) is 12.8 Å². The third-order valence-electron chi connectivity index (χ3n) is 2.29. The van der Waals surface area contributed by atoms with Crippen molar-refractivity contribution < 1.29 is 23.1 Å². The van der Waals surface area contributed by atoms with Crippen LogP contribution in [0.5, 0.6) is 5.75 Å². The summed E-state index contributed by atoms with van der Waals surface area (Å²) in [5.74, 6) is -6.92. The molecule has 1 saturated carbocycles. The molecule has 1 aliphatic carbocycles. The van der Waals surface area contributed by atoms with Gasteiger partial charge in [-0.25, -0.2) is 8.78 Å². The minimum Gasteiger partial charge on any atom is -0.503 e. The fourth-order valence-electron chi connectivity index (χ4n) is 1.25. The van der Waals surface area contributed by atoms with Crippen LogP contribution >= 0.6 is 0 Å². The Morgan fingerprint density at radius 1 is 1.31 bits per heavy atom. The number of rotatable bonds is 2. The number of aromatic hydroxyl groups is 1. The Balaban J connectivity index is 2.35. The molecule has 0 radical (unpaired) electrons. The number of carbonyl (C=O) groups excluding carboxylic acids is 1. The second kappa shape index (κ2) is 3.70. The summed E-state index contributed by atoms with van der Waals surface area (Å²) in [6.07, 6.45) is 1.56. The second-order valence-electron chi connectivity index (χ2n) is 3.63. The van der Waals surface area contributed by atoms with Crippen LogP contribution < -0.4 is 5.32 Å².